The summed E-state index contributed by atoms with van der Waals surface area (Å²) in [7, 11) is 0. The molecule has 23 heavy (non-hydrogen) atoms. The van der Waals surface area contributed by atoms with Gasteiger partial charge in [-0.2, -0.15) is 0 Å². The number of carbonyl (C=O) groups is 1. The summed E-state index contributed by atoms with van der Waals surface area (Å²) >= 11 is 11.7. The first-order chi connectivity index (χ1) is 11.0. The number of hydrogen-bond acceptors (Lipinski definition) is 4. The van der Waals surface area contributed by atoms with E-state index in [9.17, 15) is 9.90 Å². The summed E-state index contributed by atoms with van der Waals surface area (Å²) in [6, 6.07) is 9.33. The number of benzene rings is 2. The van der Waals surface area contributed by atoms with Crippen molar-refractivity contribution in [1.82, 2.24) is 0 Å². The van der Waals surface area contributed by atoms with Crippen molar-refractivity contribution < 1.29 is 24.5 Å². The van der Waals surface area contributed by atoms with Gasteiger partial charge in [0.1, 0.15) is 17.2 Å². The van der Waals surface area contributed by atoms with E-state index in [0.717, 1.165) is 0 Å². The molecular formula is C16H14Cl2O5. The molecular weight excluding hydrogens is 343 g/mol. The molecule has 0 aliphatic heterocycles. The normalized spacial score (nSPS) is 10.3. The number of carboxylic acid groups (broad SMARTS) is 1. The van der Waals surface area contributed by atoms with Crippen LogP contribution in [0.25, 0.3) is 0 Å². The maximum absolute atomic E-state index is 11.0. The van der Waals surface area contributed by atoms with Crippen molar-refractivity contribution in [1.29, 1.82) is 0 Å². The maximum Gasteiger partial charge on any atom is 0.338 e. The number of phenols is 1. The van der Waals surface area contributed by atoms with E-state index in [1.54, 1.807) is 18.2 Å². The number of aromatic hydroxyl groups is 1. The number of ether oxygens (including phenoxy) is 2. The minimum Gasteiger partial charge on any atom is -0.508 e. The van der Waals surface area contributed by atoms with Crippen molar-refractivity contribution in [3.8, 4) is 17.2 Å². The van der Waals surface area contributed by atoms with Gasteiger partial charge in [-0.05, 0) is 24.3 Å². The highest BCUT2D eigenvalue weighted by atomic mass is 35.5. The zero-order valence-corrected chi connectivity index (χ0v) is 13.5. The van der Waals surface area contributed by atoms with Crippen LogP contribution in [0.4, 0.5) is 0 Å². The Morgan fingerprint density at radius 3 is 2.17 bits per heavy atom. The number of phenolic OH excluding ortho intramolecular Hbond substituents is 1. The van der Waals surface area contributed by atoms with Crippen molar-refractivity contribution in [2.75, 3.05) is 13.2 Å². The van der Waals surface area contributed by atoms with E-state index in [1.807, 2.05) is 0 Å². The van der Waals surface area contributed by atoms with Gasteiger partial charge in [0.15, 0.2) is 0 Å². The van der Waals surface area contributed by atoms with E-state index < -0.39 is 5.97 Å². The van der Waals surface area contributed by atoms with Crippen LogP contribution in [0.2, 0.25) is 10.0 Å². The van der Waals surface area contributed by atoms with Crippen LogP contribution in [-0.2, 0) is 0 Å². The smallest absolute Gasteiger partial charge is 0.338 e. The molecule has 2 aromatic carbocycles. The van der Waals surface area contributed by atoms with Gasteiger partial charge in [-0.3, -0.25) is 0 Å². The molecule has 2 aromatic rings. The molecule has 0 heterocycles. The molecule has 122 valence electrons. The first-order valence-corrected chi connectivity index (χ1v) is 7.50. The molecule has 0 aliphatic rings. The molecule has 0 aliphatic carbocycles. The fraction of sp³-hybridized carbons (Fsp3) is 0.188. The Balaban J connectivity index is 1.81. The van der Waals surface area contributed by atoms with Crippen LogP contribution in [0.1, 0.15) is 16.8 Å². The van der Waals surface area contributed by atoms with Gasteiger partial charge in [0.25, 0.3) is 0 Å². The minimum atomic E-state index is -1.19. The third kappa shape index (κ3) is 4.94. The van der Waals surface area contributed by atoms with E-state index in [0.29, 0.717) is 31.1 Å². The number of carboxylic acids is 1. The molecule has 0 amide bonds. The third-order valence-electron chi connectivity index (χ3n) is 2.87. The van der Waals surface area contributed by atoms with E-state index >= 15 is 0 Å². The SMILES string of the molecule is O=C(O)c1c(Cl)cc(OCCCOc2cccc(O)c2)cc1Cl. The quantitative estimate of drug-likeness (QED) is 0.725. The van der Waals surface area contributed by atoms with Crippen molar-refractivity contribution in [3.63, 3.8) is 0 Å². The summed E-state index contributed by atoms with van der Waals surface area (Å²) in [5.74, 6) is -0.0862. The van der Waals surface area contributed by atoms with Crippen LogP contribution in [-0.4, -0.2) is 29.4 Å². The number of aromatic carboxylic acids is 1. The summed E-state index contributed by atoms with van der Waals surface area (Å²) in [6.45, 7) is 0.746. The van der Waals surface area contributed by atoms with Gasteiger partial charge in [0.05, 0.1) is 28.8 Å². The van der Waals surface area contributed by atoms with Crippen LogP contribution >= 0.6 is 23.2 Å². The van der Waals surface area contributed by atoms with Crippen LogP contribution in [0.3, 0.4) is 0 Å². The second-order valence-corrected chi connectivity index (χ2v) is 5.43. The van der Waals surface area contributed by atoms with E-state index in [-0.39, 0.29) is 21.4 Å². The maximum atomic E-state index is 11.0. The van der Waals surface area contributed by atoms with Gasteiger partial charge in [0, 0.05) is 12.5 Å². The van der Waals surface area contributed by atoms with Gasteiger partial charge < -0.3 is 19.7 Å². The average Bonchev–Trinajstić information content (AvgIpc) is 2.45. The lowest BCUT2D eigenvalue weighted by Gasteiger charge is -2.10. The van der Waals surface area contributed by atoms with E-state index in [1.165, 1.54) is 18.2 Å². The Kier molecular flexibility index (Phi) is 5.96. The van der Waals surface area contributed by atoms with Gasteiger partial charge >= 0.3 is 5.97 Å². The van der Waals surface area contributed by atoms with E-state index in [2.05, 4.69) is 0 Å². The Morgan fingerprint density at radius 2 is 1.61 bits per heavy atom. The second kappa shape index (κ2) is 7.94. The van der Waals surface area contributed by atoms with Crippen molar-refractivity contribution in [2.24, 2.45) is 0 Å². The molecule has 0 radical (unpaired) electrons. The number of hydrogen-bond donors (Lipinski definition) is 2. The Hall–Kier alpha value is -2.11. The molecule has 5 nitrogen and oxygen atoms in total. The Bertz CT molecular complexity index is 680. The van der Waals surface area contributed by atoms with Crippen molar-refractivity contribution in [2.45, 2.75) is 6.42 Å². The Labute approximate surface area is 143 Å². The summed E-state index contributed by atoms with van der Waals surface area (Å²) < 4.78 is 10.9. The summed E-state index contributed by atoms with van der Waals surface area (Å²) in [6.07, 6.45) is 0.589. The lowest BCUT2D eigenvalue weighted by Crippen LogP contribution is -2.06. The Morgan fingerprint density at radius 1 is 1.00 bits per heavy atom. The van der Waals surface area contributed by atoms with E-state index in [4.69, 9.17) is 37.8 Å². The molecule has 0 atom stereocenters. The average molecular weight is 357 g/mol. The monoisotopic (exact) mass is 356 g/mol. The van der Waals surface area contributed by atoms with Crippen LogP contribution in [0.15, 0.2) is 36.4 Å². The molecule has 0 aromatic heterocycles. The predicted molar refractivity (Wildman–Crippen MR) is 87.1 cm³/mol. The fourth-order valence-electron chi connectivity index (χ4n) is 1.85. The lowest BCUT2D eigenvalue weighted by molar-refractivity contribution is 0.0697. The molecule has 0 spiro atoms. The largest absolute Gasteiger partial charge is 0.508 e. The topological polar surface area (TPSA) is 76.0 Å². The third-order valence-corrected chi connectivity index (χ3v) is 3.47. The first kappa shape index (κ1) is 17.2. The molecule has 0 saturated heterocycles. The number of rotatable bonds is 7. The molecule has 0 fully saturated rings. The van der Waals surface area contributed by atoms with Crippen molar-refractivity contribution in [3.05, 3.63) is 52.0 Å². The highest BCUT2D eigenvalue weighted by molar-refractivity contribution is 6.39. The molecule has 0 saturated carbocycles. The summed E-state index contributed by atoms with van der Waals surface area (Å²) in [5, 5.41) is 18.3. The standard InChI is InChI=1S/C16H14Cl2O5/c17-13-8-12(9-14(18)15(13)16(20)21)23-6-2-5-22-11-4-1-3-10(19)7-11/h1,3-4,7-9,19H,2,5-6H2,(H,20,21). The zero-order chi connectivity index (χ0) is 16.8. The molecule has 2 N–H and O–H groups in total. The van der Waals surface area contributed by atoms with Gasteiger partial charge in [-0.15, -0.1) is 0 Å². The van der Waals surface area contributed by atoms with Crippen molar-refractivity contribution >= 4 is 29.2 Å². The van der Waals surface area contributed by atoms with Crippen LogP contribution in [0.5, 0.6) is 17.2 Å². The highest BCUT2D eigenvalue weighted by Crippen LogP contribution is 2.30. The predicted octanol–water partition coefficient (Wildman–Crippen LogP) is 4.25. The minimum absolute atomic E-state index is 0.0241. The summed E-state index contributed by atoms with van der Waals surface area (Å²) in [4.78, 5) is 11.0. The number of halogens is 2. The molecule has 0 bridgehead atoms. The molecule has 7 heteroatoms. The van der Waals surface area contributed by atoms with Gasteiger partial charge in [-0.25, -0.2) is 4.79 Å². The van der Waals surface area contributed by atoms with Gasteiger partial charge in [0.2, 0.25) is 0 Å². The fourth-order valence-corrected chi connectivity index (χ4v) is 2.48. The highest BCUT2D eigenvalue weighted by Gasteiger charge is 2.15. The van der Waals surface area contributed by atoms with Crippen LogP contribution < -0.4 is 9.47 Å². The van der Waals surface area contributed by atoms with Gasteiger partial charge in [-0.1, -0.05) is 29.3 Å². The van der Waals surface area contributed by atoms with Crippen LogP contribution in [0, 0.1) is 0 Å². The lowest BCUT2D eigenvalue weighted by atomic mass is 10.2. The first-order valence-electron chi connectivity index (χ1n) is 6.74. The second-order valence-electron chi connectivity index (χ2n) is 4.61. The zero-order valence-electron chi connectivity index (χ0n) is 12.0. The summed E-state index contributed by atoms with van der Waals surface area (Å²) in [5.41, 5.74) is -0.145. The molecule has 2 rings (SSSR count). The molecule has 0 unspecified atom stereocenters.